The summed E-state index contributed by atoms with van der Waals surface area (Å²) in [5.41, 5.74) is 2.09. The molecule has 0 N–H and O–H groups in total. The molecule has 0 aliphatic heterocycles. The summed E-state index contributed by atoms with van der Waals surface area (Å²) in [4.78, 5) is 10.7. The fourth-order valence-electron chi connectivity index (χ4n) is 5.19. The Morgan fingerprint density at radius 1 is 0.529 bits per heavy atom. The first-order valence-corrected chi connectivity index (χ1v) is 19.4. The van der Waals surface area contributed by atoms with E-state index in [2.05, 4.69) is 9.97 Å². The van der Waals surface area contributed by atoms with Crippen molar-refractivity contribution in [1.29, 1.82) is 0 Å². The van der Waals surface area contributed by atoms with Crippen molar-refractivity contribution >= 4 is 20.4 Å². The van der Waals surface area contributed by atoms with Crippen molar-refractivity contribution in [1.82, 2.24) is 9.97 Å². The lowest BCUT2D eigenvalue weighted by atomic mass is 10.2. The first-order valence-electron chi connectivity index (χ1n) is 16.4. The maximum Gasteiger partial charge on any atom is 0.307 e. The minimum Gasteiger partial charge on any atom is -0.488 e. The van der Waals surface area contributed by atoms with Gasteiger partial charge in [-0.15, -0.1) is 0 Å². The van der Waals surface area contributed by atoms with Crippen LogP contribution in [0.5, 0.6) is 17.2 Å². The highest BCUT2D eigenvalue weighted by Crippen LogP contribution is 2.70. The van der Waals surface area contributed by atoms with Crippen molar-refractivity contribution in [3.8, 4) is 17.2 Å². The zero-order valence-corrected chi connectivity index (χ0v) is 30.6. The van der Waals surface area contributed by atoms with E-state index >= 15 is 0 Å². The van der Waals surface area contributed by atoms with Gasteiger partial charge in [-0.3, -0.25) is 9.97 Å². The lowest BCUT2D eigenvalue weighted by Gasteiger charge is -2.39. The van der Waals surface area contributed by atoms with E-state index in [4.69, 9.17) is 17.8 Å². The number of benzene rings is 4. The third-order valence-electron chi connectivity index (χ3n) is 7.62. The van der Waals surface area contributed by atoms with Gasteiger partial charge in [-0.2, -0.15) is 8.42 Å². The van der Waals surface area contributed by atoms with Crippen molar-refractivity contribution in [2.75, 3.05) is 0 Å². The van der Waals surface area contributed by atoms with Crippen molar-refractivity contribution in [2.24, 2.45) is 0 Å². The minimum absolute atomic E-state index is 0.0586. The Balaban J connectivity index is 1.45. The van der Waals surface area contributed by atoms with Crippen LogP contribution in [0.2, 0.25) is 0 Å². The van der Waals surface area contributed by atoms with Crippen LogP contribution in [0.3, 0.4) is 0 Å². The second-order valence-corrected chi connectivity index (χ2v) is 17.2. The van der Waals surface area contributed by atoms with E-state index < -0.39 is 26.0 Å². The van der Waals surface area contributed by atoms with Gasteiger partial charge in [0.05, 0.1) is 16.3 Å². The lowest BCUT2D eigenvalue weighted by molar-refractivity contribution is 0.131. The summed E-state index contributed by atoms with van der Waals surface area (Å²) in [7, 11) is -7.26. The summed E-state index contributed by atoms with van der Waals surface area (Å²) in [6.07, 6.45) is 3.44. The van der Waals surface area contributed by atoms with E-state index in [0.29, 0.717) is 31.9 Å². The second kappa shape index (κ2) is 15.4. The van der Waals surface area contributed by atoms with Gasteiger partial charge in [-0.05, 0) is 147 Å². The number of aromatic nitrogens is 2. The fourth-order valence-corrected chi connectivity index (χ4v) is 10.4. The Bertz CT molecular complexity index is 2030. The Kier molecular flexibility index (Phi) is 10.8. The number of pyridine rings is 2. The van der Waals surface area contributed by atoms with Crippen LogP contribution in [-0.4, -0.2) is 24.0 Å². The van der Waals surface area contributed by atoms with Gasteiger partial charge in [-0.1, -0.05) is 29.8 Å². The Morgan fingerprint density at radius 3 is 1.33 bits per heavy atom. The van der Waals surface area contributed by atoms with Gasteiger partial charge in [0.2, 0.25) is 0 Å². The van der Waals surface area contributed by atoms with E-state index in [0.717, 1.165) is 17.0 Å². The summed E-state index contributed by atoms with van der Waals surface area (Å²) < 4.78 is 53.4. The smallest absolute Gasteiger partial charge is 0.307 e. The molecule has 4 aromatic carbocycles. The van der Waals surface area contributed by atoms with Crippen LogP contribution in [0.25, 0.3) is 0 Å². The summed E-state index contributed by atoms with van der Waals surface area (Å²) in [5.74, 6) is 1.86. The zero-order chi connectivity index (χ0) is 35.9. The normalized spacial score (nSPS) is 12.2. The molecule has 51 heavy (non-hydrogen) atoms. The summed E-state index contributed by atoms with van der Waals surface area (Å²) in [6, 6.07) is 40.1. The van der Waals surface area contributed by atoms with Crippen molar-refractivity contribution in [3.63, 3.8) is 0 Å². The number of aryl methyl sites for hydroxylation is 1. The molecule has 0 aliphatic carbocycles. The Hall–Kier alpha value is -5.16. The van der Waals surface area contributed by atoms with Gasteiger partial charge in [0, 0.05) is 27.1 Å². The maximum atomic E-state index is 14.3. The van der Waals surface area contributed by atoms with Crippen LogP contribution in [0, 0.1) is 6.92 Å². The quantitative estimate of drug-likeness (QED) is 0.116. The Morgan fingerprint density at radius 2 is 0.941 bits per heavy atom. The molecule has 10 heteroatoms. The number of hydrogen-bond donors (Lipinski definition) is 0. The molecule has 0 spiro atoms. The standard InChI is InChI=1S/C41H40N2O6S2/c1-31-11-19-40(20-12-31)51(44,45)49-50(39-25-17-36(18-26-39)48-41(2,3)4,37-21-13-34(14-22-37)46-29-32-9-5-7-27-42-32)38-23-15-35(16-24-38)47-30-33-10-6-8-28-43-33/h5-28H,29-30H2,1-4H3. The van der Waals surface area contributed by atoms with Gasteiger partial charge >= 0.3 is 10.1 Å². The molecule has 2 heterocycles. The first kappa shape index (κ1) is 35.7. The van der Waals surface area contributed by atoms with Crippen LogP contribution in [0.4, 0.5) is 0 Å². The van der Waals surface area contributed by atoms with Crippen LogP contribution < -0.4 is 14.2 Å². The predicted molar refractivity (Wildman–Crippen MR) is 199 cm³/mol. The Labute approximate surface area is 301 Å². The third-order valence-corrected chi connectivity index (χ3v) is 12.8. The van der Waals surface area contributed by atoms with Crippen molar-refractivity contribution in [2.45, 2.75) is 66.1 Å². The summed E-state index contributed by atoms with van der Waals surface area (Å²) in [6.45, 7) is 8.40. The third kappa shape index (κ3) is 8.96. The van der Waals surface area contributed by atoms with E-state index in [1.54, 1.807) is 36.7 Å². The molecule has 2 aromatic heterocycles. The fraction of sp³-hybridized carbons (Fsp3) is 0.171. The largest absolute Gasteiger partial charge is 0.488 e. The summed E-state index contributed by atoms with van der Waals surface area (Å²) >= 11 is 0. The second-order valence-electron chi connectivity index (χ2n) is 12.7. The number of hydrogen-bond acceptors (Lipinski definition) is 8. The molecule has 6 aromatic rings. The SMILES string of the molecule is Cc1ccc(S(=O)(=O)OS(c2ccc(OCc3ccccn3)cc2)(c2ccc(OCc3ccccn3)cc2)c2ccc(OC(C)(C)C)cc2)cc1. The number of nitrogens with zero attached hydrogens (tertiary/aromatic N) is 2. The van der Waals surface area contributed by atoms with Gasteiger partial charge in [-0.25, -0.2) is 3.63 Å². The molecule has 8 nitrogen and oxygen atoms in total. The molecule has 0 fully saturated rings. The van der Waals surface area contributed by atoms with E-state index in [-0.39, 0.29) is 18.1 Å². The number of ether oxygens (including phenoxy) is 3. The van der Waals surface area contributed by atoms with E-state index in [1.807, 2.05) is 137 Å². The molecule has 6 rings (SSSR count). The highest BCUT2D eigenvalue weighted by Gasteiger charge is 2.38. The molecule has 0 saturated carbocycles. The average Bonchev–Trinajstić information content (AvgIpc) is 3.13. The minimum atomic E-state index is -4.30. The molecule has 0 atom stereocenters. The topological polar surface area (TPSA) is 96.8 Å². The van der Waals surface area contributed by atoms with Gasteiger partial charge in [0.1, 0.15) is 36.1 Å². The molecule has 0 radical (unpaired) electrons. The van der Waals surface area contributed by atoms with Crippen molar-refractivity contribution in [3.05, 3.63) is 163 Å². The molecule has 262 valence electrons. The van der Waals surface area contributed by atoms with Gasteiger partial charge < -0.3 is 14.2 Å². The molecule has 0 aliphatic rings. The zero-order valence-electron chi connectivity index (χ0n) is 28.9. The molecule has 0 bridgehead atoms. The number of rotatable bonds is 13. The van der Waals surface area contributed by atoms with Gasteiger partial charge in [0.15, 0.2) is 0 Å². The molecular formula is C41H40N2O6S2. The monoisotopic (exact) mass is 720 g/mol. The molecule has 0 amide bonds. The predicted octanol–water partition coefficient (Wildman–Crippen LogP) is 9.72. The van der Waals surface area contributed by atoms with Crippen LogP contribution in [0.15, 0.2) is 165 Å². The molecule has 0 saturated heterocycles. The molecule has 0 unspecified atom stereocenters. The first-order chi connectivity index (χ1) is 24.5. The summed E-state index contributed by atoms with van der Waals surface area (Å²) in [5, 5.41) is 0. The van der Waals surface area contributed by atoms with E-state index in [9.17, 15) is 8.42 Å². The van der Waals surface area contributed by atoms with E-state index in [1.165, 1.54) is 0 Å². The lowest BCUT2D eigenvalue weighted by Crippen LogP contribution is -2.22. The molecular weight excluding hydrogens is 681 g/mol. The highest BCUT2D eigenvalue weighted by atomic mass is 32.3. The van der Waals surface area contributed by atoms with Crippen LogP contribution in [-0.2, 0) is 27.0 Å². The highest BCUT2D eigenvalue weighted by molar-refractivity contribution is 8.33. The van der Waals surface area contributed by atoms with Crippen LogP contribution in [0.1, 0.15) is 37.7 Å². The van der Waals surface area contributed by atoms with Crippen molar-refractivity contribution < 1.29 is 26.3 Å². The average molecular weight is 721 g/mol. The van der Waals surface area contributed by atoms with Crippen LogP contribution >= 0.6 is 10.3 Å². The van der Waals surface area contributed by atoms with Gasteiger partial charge in [0.25, 0.3) is 0 Å². The maximum absolute atomic E-state index is 14.3.